The highest BCUT2D eigenvalue weighted by Gasteiger charge is 2.61. The Hall–Kier alpha value is -3.15. The molecule has 6 heteroatoms. The van der Waals surface area contributed by atoms with Gasteiger partial charge in [0.05, 0.1) is 17.1 Å². The molecule has 1 aromatic heterocycles. The maximum atomic E-state index is 15.0. The van der Waals surface area contributed by atoms with Gasteiger partial charge < -0.3 is 14.8 Å². The maximum Gasteiger partial charge on any atom is 0.337 e. The van der Waals surface area contributed by atoms with Crippen LogP contribution in [0.5, 0.6) is 0 Å². The molecule has 8 unspecified atom stereocenters. The molecule has 1 N–H and O–H groups in total. The summed E-state index contributed by atoms with van der Waals surface area (Å²) in [6.07, 6.45) is 36.1. The van der Waals surface area contributed by atoms with Gasteiger partial charge in [-0.1, -0.05) is 131 Å². The number of fused-ring (bicyclic) bond motifs is 10. The topological polar surface area (TPSA) is 68.5 Å². The number of esters is 2. The van der Waals surface area contributed by atoms with Crippen LogP contribution in [-0.2, 0) is 26.1 Å². The van der Waals surface area contributed by atoms with E-state index in [0.29, 0.717) is 33.8 Å². The van der Waals surface area contributed by atoms with Gasteiger partial charge in [0.2, 0.25) is 0 Å². The van der Waals surface area contributed by atoms with Crippen LogP contribution in [0.25, 0.3) is 0 Å². The minimum absolute atomic E-state index is 0.169. The molecular formula is C69H105N2O4+. The number of nitrogens with one attached hydrogen (secondary N) is 1. The second-order valence-electron chi connectivity index (χ2n) is 29.6. The van der Waals surface area contributed by atoms with E-state index in [0.717, 1.165) is 115 Å². The third-order valence-corrected chi connectivity index (χ3v) is 24.6. The Balaban J connectivity index is 0.809. The van der Waals surface area contributed by atoms with Crippen LogP contribution in [0.2, 0.25) is 0 Å². The van der Waals surface area contributed by atoms with E-state index in [2.05, 4.69) is 99.0 Å². The van der Waals surface area contributed by atoms with Crippen molar-refractivity contribution in [1.29, 1.82) is 0 Å². The first-order valence-corrected chi connectivity index (χ1v) is 31.6. The quantitative estimate of drug-likeness (QED) is 0.108. The number of nitrogens with zero attached hydrogens (tertiary/aromatic N) is 1. The highest BCUT2D eigenvalue weighted by Crippen LogP contribution is 2.69. The molecule has 6 fully saturated rings. The monoisotopic (exact) mass is 1030 g/mol. The normalized spacial score (nSPS) is 40.0. The third kappa shape index (κ3) is 10.0. The molecular weight excluding hydrogens is 921 g/mol. The van der Waals surface area contributed by atoms with Crippen molar-refractivity contribution >= 4 is 11.9 Å². The van der Waals surface area contributed by atoms with Crippen molar-refractivity contribution in [3.8, 4) is 0 Å². The molecule has 8 aliphatic carbocycles. The second kappa shape index (κ2) is 21.5. The molecule has 2 heterocycles. The van der Waals surface area contributed by atoms with E-state index < -0.39 is 5.92 Å². The molecule has 0 bridgehead atoms. The van der Waals surface area contributed by atoms with Crippen LogP contribution in [0, 0.1) is 92.7 Å². The second-order valence-corrected chi connectivity index (χ2v) is 29.6. The molecule has 1 aliphatic heterocycles. The highest BCUT2D eigenvalue weighted by atomic mass is 16.5. The van der Waals surface area contributed by atoms with Gasteiger partial charge in [-0.05, 0) is 202 Å². The maximum absolute atomic E-state index is 15.0. The fourth-order valence-corrected chi connectivity index (χ4v) is 20.6. The smallest absolute Gasteiger partial charge is 0.337 e. The van der Waals surface area contributed by atoms with Gasteiger partial charge in [0, 0.05) is 35.9 Å². The van der Waals surface area contributed by atoms with Crippen LogP contribution in [0.1, 0.15) is 236 Å². The van der Waals surface area contributed by atoms with E-state index in [9.17, 15) is 0 Å². The number of ether oxygens (including phenoxy) is 2. The van der Waals surface area contributed by atoms with Crippen LogP contribution < -0.4 is 9.88 Å². The summed E-state index contributed by atoms with van der Waals surface area (Å²) in [5.41, 5.74) is 7.82. The highest BCUT2D eigenvalue weighted by molar-refractivity contribution is 6.00. The molecule has 0 aromatic carbocycles. The van der Waals surface area contributed by atoms with Crippen LogP contribution in [0.3, 0.4) is 0 Å². The molecule has 0 radical (unpaired) electrons. The van der Waals surface area contributed by atoms with Gasteiger partial charge in [0.1, 0.15) is 19.3 Å². The van der Waals surface area contributed by atoms with Crippen molar-refractivity contribution in [1.82, 2.24) is 5.32 Å². The molecule has 75 heavy (non-hydrogen) atoms. The molecule has 6 nitrogen and oxygen atoms in total. The van der Waals surface area contributed by atoms with Gasteiger partial charge in [0.15, 0.2) is 12.4 Å². The number of carbonyl (C=O) groups is 2. The summed E-state index contributed by atoms with van der Waals surface area (Å²) in [6, 6.07) is 4.08. The Morgan fingerprint density at radius 3 is 1.49 bits per heavy atom. The molecule has 16 atom stereocenters. The average Bonchev–Trinajstić information content (AvgIpc) is 3.91. The average molecular weight is 1030 g/mol. The van der Waals surface area contributed by atoms with E-state index in [-0.39, 0.29) is 35.0 Å². The van der Waals surface area contributed by atoms with Gasteiger partial charge in [-0.2, -0.15) is 0 Å². The predicted molar refractivity (Wildman–Crippen MR) is 305 cm³/mol. The first kappa shape index (κ1) is 55.2. The van der Waals surface area contributed by atoms with Crippen LogP contribution in [0.15, 0.2) is 70.4 Å². The van der Waals surface area contributed by atoms with Gasteiger partial charge in [0.25, 0.3) is 0 Å². The standard InChI is InChI=1S/C69H104N2O4/c1-42(2)17-14-19-44(5)55-26-28-57-53-24-22-49-39-51(30-34-66(49,9)59(53)32-36-68(55,57)11)74-64(72)61-46(7)70-47(8)62(63(61)48-21-16-38-71(13)41-48)65(73)75-52-31-35-67(10)50(40-52)23-25-54-58-29-27-56(45(6)20-15-18-43(3)4)69(58,12)37-33-60(54)67/h16,21-23,38,41-45,51-60,63H,14-15,17-20,24-37,39-40H2,1-13H3/p+1/t44-,45-,51?,52?,53?,54?,55-,56-,57?,58?,59?,60?,63?,66+,67+,68-,69-/m1/s1. The first-order chi connectivity index (χ1) is 35.7. The summed E-state index contributed by atoms with van der Waals surface area (Å²) >= 11 is 0. The Morgan fingerprint density at radius 1 is 0.613 bits per heavy atom. The summed E-state index contributed by atoms with van der Waals surface area (Å²) in [6.45, 7) is 29.2. The zero-order chi connectivity index (χ0) is 53.4. The molecule has 0 amide bonds. The van der Waals surface area contributed by atoms with Crippen LogP contribution in [0.4, 0.5) is 0 Å². The fourth-order valence-electron chi connectivity index (χ4n) is 20.6. The zero-order valence-corrected chi connectivity index (χ0v) is 49.8. The van der Waals surface area contributed by atoms with Crippen LogP contribution in [-0.4, -0.2) is 24.1 Å². The summed E-state index contributed by atoms with van der Waals surface area (Å²) in [4.78, 5) is 30.0. The van der Waals surface area contributed by atoms with Gasteiger partial charge in [-0.3, -0.25) is 0 Å². The molecule has 6 saturated carbocycles. The number of rotatable bonds is 15. The third-order valence-electron chi connectivity index (χ3n) is 24.6. The van der Waals surface area contributed by atoms with E-state index in [1.807, 2.05) is 37.7 Å². The summed E-state index contributed by atoms with van der Waals surface area (Å²) < 4.78 is 15.5. The predicted octanol–water partition coefficient (Wildman–Crippen LogP) is 16.7. The minimum Gasteiger partial charge on any atom is -0.459 e. The molecule has 9 aliphatic rings. The number of allylic oxidation sites excluding steroid dienone is 4. The SMILES string of the molecule is CC1=C(C(=O)OC2CC[C@@]3(C)C(=CCC4C3CC[C@@]3(C)C4CC[C@@H]3[C@H](C)CCCC(C)C)C2)C(c2ccc[n+](C)c2)C(C(=O)OC2CC[C@@]3(C)C(=CCC4C3CC[C@@]3(C)C4CC[C@@H]3[C@H](C)CCCC(C)C)C2)=C(C)N1. The number of aryl methyl sites for hydroxylation is 1. The van der Waals surface area contributed by atoms with E-state index in [1.54, 1.807) is 0 Å². The lowest BCUT2D eigenvalue weighted by Crippen LogP contribution is -2.51. The van der Waals surface area contributed by atoms with E-state index in [4.69, 9.17) is 9.47 Å². The van der Waals surface area contributed by atoms with Crippen molar-refractivity contribution in [2.75, 3.05) is 0 Å². The molecule has 414 valence electrons. The largest absolute Gasteiger partial charge is 0.459 e. The molecule has 10 rings (SSSR count). The van der Waals surface area contributed by atoms with Crippen molar-refractivity contribution < 1.29 is 23.6 Å². The molecule has 0 saturated heterocycles. The molecule has 1 aromatic rings. The van der Waals surface area contributed by atoms with Gasteiger partial charge in [-0.15, -0.1) is 0 Å². The Labute approximate surface area is 457 Å². The Morgan fingerprint density at radius 2 is 1.07 bits per heavy atom. The van der Waals surface area contributed by atoms with Crippen molar-refractivity contribution in [2.24, 2.45) is 99.7 Å². The molecule has 0 spiro atoms. The summed E-state index contributed by atoms with van der Waals surface area (Å²) in [5.74, 6) is 8.34. The van der Waals surface area contributed by atoms with E-state index in [1.165, 1.54) is 114 Å². The first-order valence-electron chi connectivity index (χ1n) is 31.6. The lowest BCUT2D eigenvalue weighted by atomic mass is 9.47. The van der Waals surface area contributed by atoms with E-state index >= 15 is 9.59 Å². The minimum atomic E-state index is -0.597. The fraction of sp³-hybridized carbons (Fsp3) is 0.783. The Bertz CT molecular complexity index is 2280. The van der Waals surface area contributed by atoms with Crippen molar-refractivity contribution in [3.63, 3.8) is 0 Å². The lowest BCUT2D eigenvalue weighted by molar-refractivity contribution is -0.671. The van der Waals surface area contributed by atoms with Crippen molar-refractivity contribution in [2.45, 2.75) is 242 Å². The Kier molecular flexibility index (Phi) is 15.8. The van der Waals surface area contributed by atoms with Crippen LogP contribution >= 0.6 is 0 Å². The van der Waals surface area contributed by atoms with Gasteiger partial charge in [-0.25, -0.2) is 14.2 Å². The summed E-state index contributed by atoms with van der Waals surface area (Å²) in [5, 5.41) is 3.51. The number of pyridine rings is 1. The van der Waals surface area contributed by atoms with Gasteiger partial charge >= 0.3 is 11.9 Å². The number of hydrogen-bond donors (Lipinski definition) is 1. The summed E-state index contributed by atoms with van der Waals surface area (Å²) in [7, 11) is 2.01. The lowest BCUT2D eigenvalue weighted by Gasteiger charge is -2.58. The number of dihydropyridines is 1. The van der Waals surface area contributed by atoms with Crippen molar-refractivity contribution in [3.05, 3.63) is 75.9 Å². The zero-order valence-electron chi connectivity index (χ0n) is 49.8. The number of hydrogen-bond acceptors (Lipinski definition) is 5. The number of carbonyl (C=O) groups excluding carboxylic acids is 2. The number of aromatic nitrogens is 1.